The maximum absolute atomic E-state index is 12.7. The van der Waals surface area contributed by atoms with Crippen LogP contribution in [0.2, 0.25) is 5.02 Å². The molecule has 1 aromatic carbocycles. The molecule has 1 heterocycles. The molecule has 2 fully saturated rings. The molecule has 23 heavy (non-hydrogen) atoms. The van der Waals surface area contributed by atoms with Gasteiger partial charge in [0, 0.05) is 37.1 Å². The first-order valence-corrected chi connectivity index (χ1v) is 9.31. The summed E-state index contributed by atoms with van der Waals surface area (Å²) in [5.74, 6) is 1.23. The van der Waals surface area contributed by atoms with Crippen LogP contribution < -0.4 is 0 Å². The lowest BCUT2D eigenvalue weighted by Crippen LogP contribution is -2.50. The van der Waals surface area contributed by atoms with Crippen molar-refractivity contribution in [2.45, 2.75) is 38.5 Å². The van der Waals surface area contributed by atoms with Crippen LogP contribution in [0.5, 0.6) is 0 Å². The smallest absolute Gasteiger partial charge is 0.225 e. The second-order valence-electron chi connectivity index (χ2n) is 6.86. The third kappa shape index (κ3) is 4.07. The van der Waals surface area contributed by atoms with Gasteiger partial charge in [-0.05, 0) is 55.8 Å². The van der Waals surface area contributed by atoms with Crippen LogP contribution >= 0.6 is 11.6 Å². The summed E-state index contributed by atoms with van der Waals surface area (Å²) in [7, 11) is 0. The number of carbonyl (C=O) groups excluding carboxylic acids is 1. The average Bonchev–Trinajstić information content (AvgIpc) is 2.62. The first-order valence-electron chi connectivity index (χ1n) is 8.94. The van der Waals surface area contributed by atoms with Crippen LogP contribution in [0.15, 0.2) is 24.3 Å². The maximum Gasteiger partial charge on any atom is 0.225 e. The third-order valence-corrected chi connectivity index (χ3v) is 5.80. The predicted molar refractivity (Wildman–Crippen MR) is 94.8 cm³/mol. The fourth-order valence-corrected chi connectivity index (χ4v) is 4.08. The van der Waals surface area contributed by atoms with Gasteiger partial charge in [0.1, 0.15) is 0 Å². The average molecular weight is 335 g/mol. The Bertz CT molecular complexity index is 515. The van der Waals surface area contributed by atoms with Crippen molar-refractivity contribution in [2.24, 2.45) is 5.92 Å². The standard InChI is InChI=1S/C19H27ClN2O/c1-2-21-11-13-22(14-12-21)19(23)17-5-3-15(4-6-17)16-7-9-18(20)10-8-16/h7-10,15,17H,2-6,11-14H2,1H3. The van der Waals surface area contributed by atoms with Crippen LogP contribution in [0, 0.1) is 5.92 Å². The van der Waals surface area contributed by atoms with E-state index in [1.165, 1.54) is 5.56 Å². The molecule has 126 valence electrons. The van der Waals surface area contributed by atoms with Gasteiger partial charge in [-0.25, -0.2) is 0 Å². The van der Waals surface area contributed by atoms with Crippen LogP contribution in [-0.4, -0.2) is 48.4 Å². The lowest BCUT2D eigenvalue weighted by Gasteiger charge is -2.37. The number of hydrogen-bond acceptors (Lipinski definition) is 2. The van der Waals surface area contributed by atoms with E-state index in [4.69, 9.17) is 11.6 Å². The molecule has 0 radical (unpaired) electrons. The minimum Gasteiger partial charge on any atom is -0.340 e. The normalized spacial score (nSPS) is 26.3. The molecule has 0 bridgehead atoms. The first kappa shape index (κ1) is 16.8. The number of halogens is 1. The van der Waals surface area contributed by atoms with Gasteiger partial charge in [-0.2, -0.15) is 0 Å². The molecule has 1 amide bonds. The summed E-state index contributed by atoms with van der Waals surface area (Å²) in [6.07, 6.45) is 4.29. The highest BCUT2D eigenvalue weighted by Crippen LogP contribution is 2.36. The summed E-state index contributed by atoms with van der Waals surface area (Å²) in [6, 6.07) is 8.22. The van der Waals surface area contributed by atoms with Gasteiger partial charge >= 0.3 is 0 Å². The van der Waals surface area contributed by atoms with E-state index in [1.807, 2.05) is 12.1 Å². The maximum atomic E-state index is 12.7. The van der Waals surface area contributed by atoms with Crippen LogP contribution in [0.1, 0.15) is 44.1 Å². The highest BCUT2D eigenvalue weighted by Gasteiger charge is 2.31. The van der Waals surface area contributed by atoms with Crippen LogP contribution in [0.25, 0.3) is 0 Å². The van der Waals surface area contributed by atoms with Gasteiger partial charge < -0.3 is 9.80 Å². The number of nitrogens with zero attached hydrogens (tertiary/aromatic N) is 2. The van der Waals surface area contributed by atoms with Crippen molar-refractivity contribution < 1.29 is 4.79 Å². The molecule has 4 heteroatoms. The Balaban J connectivity index is 1.50. The van der Waals surface area contributed by atoms with Gasteiger partial charge in [-0.3, -0.25) is 4.79 Å². The van der Waals surface area contributed by atoms with Crippen molar-refractivity contribution in [3.8, 4) is 0 Å². The van der Waals surface area contributed by atoms with Gasteiger partial charge in [0.2, 0.25) is 5.91 Å². The van der Waals surface area contributed by atoms with E-state index < -0.39 is 0 Å². The highest BCUT2D eigenvalue weighted by molar-refractivity contribution is 6.30. The first-order chi connectivity index (χ1) is 11.2. The Kier molecular flexibility index (Phi) is 5.60. The zero-order valence-electron chi connectivity index (χ0n) is 14.0. The number of rotatable bonds is 3. The van der Waals surface area contributed by atoms with E-state index in [0.717, 1.165) is 63.4 Å². The molecule has 2 aliphatic rings. The van der Waals surface area contributed by atoms with Gasteiger partial charge in [0.05, 0.1) is 0 Å². The number of hydrogen-bond donors (Lipinski definition) is 0. The van der Waals surface area contributed by atoms with Crippen molar-refractivity contribution in [1.82, 2.24) is 9.80 Å². The second kappa shape index (κ2) is 7.67. The Morgan fingerprint density at radius 3 is 2.22 bits per heavy atom. The molecule has 0 aromatic heterocycles. The molecule has 1 saturated carbocycles. The lowest BCUT2D eigenvalue weighted by atomic mass is 9.78. The van der Waals surface area contributed by atoms with Gasteiger partial charge in [-0.15, -0.1) is 0 Å². The molecule has 0 atom stereocenters. The largest absolute Gasteiger partial charge is 0.340 e. The summed E-state index contributed by atoms with van der Waals surface area (Å²) < 4.78 is 0. The molecule has 1 aliphatic heterocycles. The van der Waals surface area contributed by atoms with E-state index in [-0.39, 0.29) is 5.92 Å². The summed E-state index contributed by atoms with van der Waals surface area (Å²) in [5, 5.41) is 0.795. The Morgan fingerprint density at radius 2 is 1.65 bits per heavy atom. The van der Waals surface area contributed by atoms with Crippen molar-refractivity contribution in [1.29, 1.82) is 0 Å². The van der Waals surface area contributed by atoms with E-state index in [1.54, 1.807) is 0 Å². The summed E-state index contributed by atoms with van der Waals surface area (Å²) >= 11 is 5.97. The molecule has 0 spiro atoms. The quantitative estimate of drug-likeness (QED) is 0.840. The van der Waals surface area contributed by atoms with Crippen LogP contribution in [-0.2, 0) is 4.79 Å². The van der Waals surface area contributed by atoms with Crippen LogP contribution in [0.4, 0.5) is 0 Å². The number of carbonyl (C=O) groups is 1. The zero-order chi connectivity index (χ0) is 16.2. The molecule has 3 rings (SSSR count). The lowest BCUT2D eigenvalue weighted by molar-refractivity contribution is -0.138. The summed E-state index contributed by atoms with van der Waals surface area (Å²) in [4.78, 5) is 17.2. The van der Waals surface area contributed by atoms with Crippen molar-refractivity contribution in [3.63, 3.8) is 0 Å². The number of likely N-dealkylation sites (N-methyl/N-ethyl adjacent to an activating group) is 1. The molecular weight excluding hydrogens is 308 g/mol. The highest BCUT2D eigenvalue weighted by atomic mass is 35.5. The molecular formula is C19H27ClN2O. The van der Waals surface area contributed by atoms with E-state index in [9.17, 15) is 4.79 Å². The predicted octanol–water partition coefficient (Wildman–Crippen LogP) is 3.78. The van der Waals surface area contributed by atoms with E-state index in [0.29, 0.717) is 11.8 Å². The molecule has 1 aliphatic carbocycles. The molecule has 1 saturated heterocycles. The second-order valence-corrected chi connectivity index (χ2v) is 7.30. The summed E-state index contributed by atoms with van der Waals surface area (Å²) in [5.41, 5.74) is 1.37. The fourth-order valence-electron chi connectivity index (χ4n) is 3.95. The molecule has 0 unspecified atom stereocenters. The van der Waals surface area contributed by atoms with Gasteiger partial charge in [0.25, 0.3) is 0 Å². The van der Waals surface area contributed by atoms with Crippen LogP contribution in [0.3, 0.4) is 0 Å². The minimum absolute atomic E-state index is 0.242. The van der Waals surface area contributed by atoms with Crippen molar-refractivity contribution >= 4 is 17.5 Å². The Labute approximate surface area is 144 Å². The van der Waals surface area contributed by atoms with Gasteiger partial charge in [-0.1, -0.05) is 30.7 Å². The van der Waals surface area contributed by atoms with Crippen molar-refractivity contribution in [3.05, 3.63) is 34.9 Å². The topological polar surface area (TPSA) is 23.6 Å². The SMILES string of the molecule is CCN1CCN(C(=O)C2CCC(c3ccc(Cl)cc3)CC2)CC1. The van der Waals surface area contributed by atoms with E-state index in [2.05, 4.69) is 28.9 Å². The molecule has 0 N–H and O–H groups in total. The number of piperazine rings is 1. The Hall–Kier alpha value is -1.06. The molecule has 3 nitrogen and oxygen atoms in total. The Morgan fingerprint density at radius 1 is 1.04 bits per heavy atom. The van der Waals surface area contributed by atoms with Crippen molar-refractivity contribution in [2.75, 3.05) is 32.7 Å². The molecule has 1 aromatic rings. The third-order valence-electron chi connectivity index (χ3n) is 5.55. The number of amides is 1. The minimum atomic E-state index is 0.242. The van der Waals surface area contributed by atoms with Gasteiger partial charge in [0.15, 0.2) is 0 Å². The zero-order valence-corrected chi connectivity index (χ0v) is 14.8. The summed E-state index contributed by atoms with van der Waals surface area (Å²) in [6.45, 7) is 7.15. The monoisotopic (exact) mass is 334 g/mol. The van der Waals surface area contributed by atoms with E-state index >= 15 is 0 Å². The fraction of sp³-hybridized carbons (Fsp3) is 0.632. The number of benzene rings is 1.